The molecule has 6 heteroatoms. The van der Waals surface area contributed by atoms with Crippen molar-refractivity contribution >= 4 is 43.0 Å². The van der Waals surface area contributed by atoms with Gasteiger partial charge in [0.1, 0.15) is 11.5 Å². The first-order valence-corrected chi connectivity index (χ1v) is 15.0. The van der Waals surface area contributed by atoms with Crippen molar-refractivity contribution in [3.8, 4) is 0 Å². The van der Waals surface area contributed by atoms with Crippen molar-refractivity contribution in [2.24, 2.45) is 9.98 Å². The Bertz CT molecular complexity index is 1390. The molecule has 0 unspecified atom stereocenters. The van der Waals surface area contributed by atoms with E-state index in [1.165, 1.54) is 22.3 Å². The Hall–Kier alpha value is -2.62. The van der Waals surface area contributed by atoms with Gasteiger partial charge in [-0.2, -0.15) is 0 Å². The summed E-state index contributed by atoms with van der Waals surface area (Å²) in [5.74, 6) is 1.47. The molecule has 3 aromatic carbocycles. The van der Waals surface area contributed by atoms with Gasteiger partial charge in [-0.3, -0.25) is 0 Å². The molecule has 194 valence electrons. The summed E-state index contributed by atoms with van der Waals surface area (Å²) in [6.45, 7) is 14.6. The van der Waals surface area contributed by atoms with Crippen LogP contribution < -0.4 is 0 Å². The summed E-state index contributed by atoms with van der Waals surface area (Å²) in [6, 6.07) is 22.9. The summed E-state index contributed by atoms with van der Waals surface area (Å²) in [7, 11) is 9.53. The van der Waals surface area contributed by atoms with E-state index in [2.05, 4.69) is 77.9 Å². The van der Waals surface area contributed by atoms with Crippen molar-refractivity contribution in [2.75, 3.05) is 0 Å². The Morgan fingerprint density at radius 1 is 0.649 bits per heavy atom. The predicted molar refractivity (Wildman–Crippen MR) is 155 cm³/mol. The van der Waals surface area contributed by atoms with Crippen LogP contribution in [0, 0.1) is 41.5 Å². The summed E-state index contributed by atoms with van der Waals surface area (Å²) in [4.78, 5) is 10.0. The summed E-state index contributed by atoms with van der Waals surface area (Å²) < 4.78 is 6.35. The van der Waals surface area contributed by atoms with Crippen LogP contribution >= 0.6 is 20.2 Å². The van der Waals surface area contributed by atoms with Gasteiger partial charge in [0, 0.05) is 5.56 Å². The minimum atomic E-state index is 0.194. The topological polar surface area (TPSA) is 37.9 Å². The van der Waals surface area contributed by atoms with Crippen LogP contribution in [0.1, 0.15) is 57.4 Å². The van der Waals surface area contributed by atoms with E-state index in [4.69, 9.17) is 34.6 Å². The molecule has 0 fully saturated rings. The second-order valence-corrected chi connectivity index (χ2v) is 11.1. The fraction of sp³-hybridized carbons (Fsp3) is 0.226. The molecule has 4 rings (SSSR count). The van der Waals surface area contributed by atoms with E-state index >= 15 is 0 Å². The zero-order valence-electron chi connectivity index (χ0n) is 22.3. The first-order chi connectivity index (χ1) is 17.6. The predicted octanol–water partition coefficient (Wildman–Crippen LogP) is 9.82. The summed E-state index contributed by atoms with van der Waals surface area (Å²) in [5.41, 5.74) is 11.8. The van der Waals surface area contributed by atoms with Gasteiger partial charge in [0.25, 0.3) is 0 Å². The van der Waals surface area contributed by atoms with Crippen LogP contribution in [0.4, 0.5) is 11.4 Å². The number of aliphatic imine (C=N–C) groups is 2. The number of hydrogen-bond donors (Lipinski definition) is 0. The molecule has 0 N–H and O–H groups in total. The summed E-state index contributed by atoms with van der Waals surface area (Å²) >= 11 is 0.194. The molecule has 0 saturated heterocycles. The summed E-state index contributed by atoms with van der Waals surface area (Å²) in [5, 5.41) is 0. The van der Waals surface area contributed by atoms with E-state index < -0.39 is 0 Å². The summed E-state index contributed by atoms with van der Waals surface area (Å²) in [6.07, 6.45) is 0. The van der Waals surface area contributed by atoms with Crippen LogP contribution in [0.25, 0.3) is 0 Å². The third-order valence-corrected chi connectivity index (χ3v) is 6.02. The normalized spacial score (nSPS) is 11.9. The van der Waals surface area contributed by atoms with Gasteiger partial charge in [0.05, 0.1) is 17.1 Å². The number of benzene rings is 3. The second kappa shape index (κ2) is 13.3. The van der Waals surface area contributed by atoms with Crippen LogP contribution in [0.5, 0.6) is 0 Å². The quantitative estimate of drug-likeness (QED) is 0.172. The van der Waals surface area contributed by atoms with Gasteiger partial charge in [-0.25, -0.2) is 9.98 Å². The molecule has 0 spiro atoms. The molecule has 3 nitrogen and oxygen atoms in total. The molecule has 1 aromatic heterocycles. The van der Waals surface area contributed by atoms with Gasteiger partial charge in [-0.1, -0.05) is 65.7 Å². The molecule has 0 bridgehead atoms. The van der Waals surface area contributed by atoms with Gasteiger partial charge < -0.3 is 4.42 Å². The number of aryl methyl sites for hydroxylation is 6. The number of furan rings is 1. The van der Waals surface area contributed by atoms with Gasteiger partial charge >= 0.3 is 33.3 Å². The molecule has 0 aliphatic heterocycles. The van der Waals surface area contributed by atoms with E-state index in [0.29, 0.717) is 0 Å². The number of halogens is 2. The van der Waals surface area contributed by atoms with E-state index in [0.717, 1.165) is 51.0 Å². The van der Waals surface area contributed by atoms with Gasteiger partial charge in [0.15, 0.2) is 5.76 Å². The Morgan fingerprint density at radius 2 is 1.08 bits per heavy atom. The maximum atomic E-state index is 6.35. The van der Waals surface area contributed by atoms with Gasteiger partial charge in [0.2, 0.25) is 0 Å². The standard InChI is InChI=1S/C31H32N2O.2ClH.Fe/c1-19-15-21(3)29(22(4)16-19)32-25(7)27-13-14-28(34-27)31(26-11-9-8-10-12-26)33-30-23(5)17-20(2)18-24(30)6;;;/h8-18H,1-7H3;2*1H;/q;;;+2/p-2. The van der Waals surface area contributed by atoms with Gasteiger partial charge in [-0.05, 0) is 82.9 Å². The third-order valence-electron chi connectivity index (χ3n) is 6.02. The molecule has 0 amide bonds. The van der Waals surface area contributed by atoms with Crippen LogP contribution in [0.3, 0.4) is 0 Å². The van der Waals surface area contributed by atoms with Crippen LogP contribution in [0.15, 0.2) is 81.1 Å². The van der Waals surface area contributed by atoms with Crippen molar-refractivity contribution in [1.82, 2.24) is 0 Å². The fourth-order valence-electron chi connectivity index (χ4n) is 4.55. The molecule has 0 aliphatic carbocycles. The average molecular weight is 575 g/mol. The van der Waals surface area contributed by atoms with Crippen molar-refractivity contribution in [3.63, 3.8) is 0 Å². The minimum absolute atomic E-state index is 0.194. The van der Waals surface area contributed by atoms with E-state index in [9.17, 15) is 0 Å². The first kappa shape index (κ1) is 28.9. The second-order valence-electron chi connectivity index (χ2n) is 9.23. The molecular formula is C31H32Cl2FeN2O. The molecule has 4 aromatic rings. The van der Waals surface area contributed by atoms with E-state index in [-0.39, 0.29) is 13.1 Å². The Labute approximate surface area is 235 Å². The van der Waals surface area contributed by atoms with E-state index in [1.807, 2.05) is 37.3 Å². The third kappa shape index (κ3) is 7.46. The molecule has 0 radical (unpaired) electrons. The van der Waals surface area contributed by atoms with Crippen LogP contribution in [0.2, 0.25) is 0 Å². The van der Waals surface area contributed by atoms with Crippen LogP contribution in [-0.2, 0) is 13.1 Å². The van der Waals surface area contributed by atoms with Crippen LogP contribution in [-0.4, -0.2) is 11.4 Å². The maximum absolute atomic E-state index is 6.35. The van der Waals surface area contributed by atoms with Gasteiger partial charge in [-0.15, -0.1) is 0 Å². The molecule has 0 saturated carbocycles. The molecule has 0 aliphatic rings. The Balaban J connectivity index is 0.00000121. The molecule has 1 heterocycles. The zero-order valence-corrected chi connectivity index (χ0v) is 24.9. The Morgan fingerprint density at radius 3 is 1.57 bits per heavy atom. The fourth-order valence-corrected chi connectivity index (χ4v) is 4.55. The SMILES string of the molecule is CC(=Nc1c(C)cc(C)cc1C)c1ccc(C(=Nc2c(C)cc(C)cc2C)c2ccccc2)o1.[Cl][Fe][Cl]. The Kier molecular flexibility index (Phi) is 10.4. The average Bonchev–Trinajstić information content (AvgIpc) is 3.32. The van der Waals surface area contributed by atoms with Crippen molar-refractivity contribution in [2.45, 2.75) is 48.5 Å². The van der Waals surface area contributed by atoms with Crippen molar-refractivity contribution in [3.05, 3.63) is 117 Å². The monoisotopic (exact) mass is 574 g/mol. The van der Waals surface area contributed by atoms with Crippen molar-refractivity contribution in [1.29, 1.82) is 0 Å². The molecule has 37 heavy (non-hydrogen) atoms. The first-order valence-electron chi connectivity index (χ1n) is 12.0. The molecular weight excluding hydrogens is 543 g/mol. The number of hydrogen-bond acceptors (Lipinski definition) is 3. The number of nitrogens with zero attached hydrogens (tertiary/aromatic N) is 2. The molecule has 0 atom stereocenters. The van der Waals surface area contributed by atoms with Crippen molar-refractivity contribution < 1.29 is 17.6 Å². The number of rotatable bonds is 5. The van der Waals surface area contributed by atoms with E-state index in [1.54, 1.807) is 0 Å². The zero-order chi connectivity index (χ0) is 27.1.